The fraction of sp³-hybridized carbons (Fsp3) is 0.333. The molecule has 2 atom stereocenters. The highest BCUT2D eigenvalue weighted by Crippen LogP contribution is 2.05. The van der Waals surface area contributed by atoms with Crippen LogP contribution in [0.15, 0.2) is 67.3 Å². The first-order valence-electron chi connectivity index (χ1n) is 7.11. The van der Waals surface area contributed by atoms with E-state index in [1.165, 1.54) is 5.56 Å². The molecule has 0 aliphatic carbocycles. The number of hydrogen-bond acceptors (Lipinski definition) is 2. The van der Waals surface area contributed by atoms with Gasteiger partial charge in [0.2, 0.25) is 0 Å². The third-order valence-corrected chi connectivity index (χ3v) is 3.06. The number of aliphatic hydroxyl groups excluding tert-OH is 1. The standard InChI is InChI=1S/C18H25NO/c1-3-5-7-13-17(10-4-2)19-18(15-20)14-16-11-8-6-9-12-16/h3-9,11-13,17-20H,2,10,14-15H2,1H3/b5-3+,13-7+/t17-,18-/m0/s1. The Bertz CT molecular complexity index is 422. The van der Waals surface area contributed by atoms with Gasteiger partial charge in [0.05, 0.1) is 6.61 Å². The van der Waals surface area contributed by atoms with Gasteiger partial charge in [0.1, 0.15) is 0 Å². The summed E-state index contributed by atoms with van der Waals surface area (Å²) in [6.45, 7) is 5.91. The summed E-state index contributed by atoms with van der Waals surface area (Å²) in [7, 11) is 0. The van der Waals surface area contributed by atoms with Crippen LogP contribution in [0, 0.1) is 0 Å². The predicted molar refractivity (Wildman–Crippen MR) is 86.7 cm³/mol. The summed E-state index contributed by atoms with van der Waals surface area (Å²) in [6.07, 6.45) is 11.7. The number of rotatable bonds is 9. The zero-order valence-electron chi connectivity index (χ0n) is 12.2. The Morgan fingerprint density at radius 2 is 2.00 bits per heavy atom. The zero-order valence-corrected chi connectivity index (χ0v) is 12.2. The maximum absolute atomic E-state index is 9.55. The minimum Gasteiger partial charge on any atom is -0.395 e. The average molecular weight is 271 g/mol. The van der Waals surface area contributed by atoms with Crippen molar-refractivity contribution in [3.05, 3.63) is 72.9 Å². The summed E-state index contributed by atoms with van der Waals surface area (Å²) in [5, 5.41) is 13.0. The maximum Gasteiger partial charge on any atom is 0.0588 e. The molecule has 0 amide bonds. The van der Waals surface area contributed by atoms with E-state index in [1.807, 2.05) is 49.4 Å². The first kappa shape index (κ1) is 16.4. The van der Waals surface area contributed by atoms with Crippen molar-refractivity contribution in [2.75, 3.05) is 6.61 Å². The molecule has 0 aromatic heterocycles. The lowest BCUT2D eigenvalue weighted by Gasteiger charge is -2.21. The summed E-state index contributed by atoms with van der Waals surface area (Å²) in [5.41, 5.74) is 1.23. The molecule has 1 rings (SSSR count). The highest BCUT2D eigenvalue weighted by molar-refractivity contribution is 5.16. The van der Waals surface area contributed by atoms with Gasteiger partial charge in [-0.1, -0.05) is 60.7 Å². The average Bonchev–Trinajstić information content (AvgIpc) is 2.48. The fourth-order valence-corrected chi connectivity index (χ4v) is 2.07. The molecule has 0 aliphatic heterocycles. The van der Waals surface area contributed by atoms with Crippen molar-refractivity contribution in [3.63, 3.8) is 0 Å². The van der Waals surface area contributed by atoms with Gasteiger partial charge in [0.25, 0.3) is 0 Å². The molecule has 2 nitrogen and oxygen atoms in total. The molecule has 0 spiro atoms. The van der Waals surface area contributed by atoms with Crippen molar-refractivity contribution in [2.45, 2.75) is 31.8 Å². The molecule has 0 aliphatic rings. The molecule has 108 valence electrons. The molecule has 0 unspecified atom stereocenters. The lowest BCUT2D eigenvalue weighted by molar-refractivity contribution is 0.236. The molecule has 2 heteroatoms. The van der Waals surface area contributed by atoms with Gasteiger partial charge in [-0.05, 0) is 25.3 Å². The summed E-state index contributed by atoms with van der Waals surface area (Å²) in [4.78, 5) is 0. The second kappa shape index (κ2) is 10.2. The van der Waals surface area contributed by atoms with E-state index in [2.05, 4.69) is 30.1 Å². The van der Waals surface area contributed by atoms with Crippen LogP contribution >= 0.6 is 0 Å². The Balaban J connectivity index is 2.61. The van der Waals surface area contributed by atoms with E-state index in [0.717, 1.165) is 12.8 Å². The summed E-state index contributed by atoms with van der Waals surface area (Å²) in [6, 6.07) is 10.5. The minimum atomic E-state index is 0.0533. The van der Waals surface area contributed by atoms with Crippen molar-refractivity contribution in [2.24, 2.45) is 0 Å². The zero-order chi connectivity index (χ0) is 14.6. The molecule has 20 heavy (non-hydrogen) atoms. The molecule has 1 aromatic carbocycles. The molecule has 0 fully saturated rings. The van der Waals surface area contributed by atoms with Crippen LogP contribution in [0.2, 0.25) is 0 Å². The predicted octanol–water partition coefficient (Wildman–Crippen LogP) is 3.26. The Hall–Kier alpha value is -1.64. The van der Waals surface area contributed by atoms with E-state index in [0.29, 0.717) is 0 Å². The summed E-state index contributed by atoms with van der Waals surface area (Å²) < 4.78 is 0. The number of hydrogen-bond donors (Lipinski definition) is 2. The molecular weight excluding hydrogens is 246 g/mol. The van der Waals surface area contributed by atoms with Crippen LogP contribution in [0.25, 0.3) is 0 Å². The molecule has 0 saturated carbocycles. The second-order valence-electron chi connectivity index (χ2n) is 4.78. The lowest BCUT2D eigenvalue weighted by atomic mass is 10.0. The second-order valence-corrected chi connectivity index (χ2v) is 4.78. The number of benzene rings is 1. The van der Waals surface area contributed by atoms with Crippen LogP contribution in [-0.2, 0) is 6.42 Å². The Kier molecular flexibility index (Phi) is 8.36. The minimum absolute atomic E-state index is 0.0533. The third kappa shape index (κ3) is 6.50. The topological polar surface area (TPSA) is 32.3 Å². The normalized spacial score (nSPS) is 14.7. The number of aliphatic hydroxyl groups is 1. The number of allylic oxidation sites excluding steroid dienone is 3. The van der Waals surface area contributed by atoms with Crippen LogP contribution in [0.4, 0.5) is 0 Å². The third-order valence-electron chi connectivity index (χ3n) is 3.06. The van der Waals surface area contributed by atoms with E-state index >= 15 is 0 Å². The molecule has 0 radical (unpaired) electrons. The largest absolute Gasteiger partial charge is 0.395 e. The van der Waals surface area contributed by atoms with Gasteiger partial charge < -0.3 is 10.4 Å². The fourth-order valence-electron chi connectivity index (χ4n) is 2.07. The molecule has 1 aromatic rings. The van der Waals surface area contributed by atoms with Crippen LogP contribution in [-0.4, -0.2) is 23.8 Å². The van der Waals surface area contributed by atoms with Crippen molar-refractivity contribution in [3.8, 4) is 0 Å². The molecule has 0 heterocycles. The van der Waals surface area contributed by atoms with Gasteiger partial charge >= 0.3 is 0 Å². The first-order valence-corrected chi connectivity index (χ1v) is 7.11. The van der Waals surface area contributed by atoms with Crippen molar-refractivity contribution < 1.29 is 5.11 Å². The Labute approximate surface area is 122 Å². The summed E-state index contributed by atoms with van der Waals surface area (Å²) in [5.74, 6) is 0. The monoisotopic (exact) mass is 271 g/mol. The van der Waals surface area contributed by atoms with Crippen LogP contribution in [0.3, 0.4) is 0 Å². The molecule has 0 bridgehead atoms. The van der Waals surface area contributed by atoms with Crippen LogP contribution in [0.1, 0.15) is 18.9 Å². The van der Waals surface area contributed by atoms with Gasteiger partial charge in [-0.15, -0.1) is 6.58 Å². The van der Waals surface area contributed by atoms with E-state index in [9.17, 15) is 5.11 Å². The highest BCUT2D eigenvalue weighted by Gasteiger charge is 2.12. The smallest absolute Gasteiger partial charge is 0.0588 e. The van der Waals surface area contributed by atoms with Crippen LogP contribution < -0.4 is 5.32 Å². The number of nitrogens with one attached hydrogen (secondary N) is 1. The van der Waals surface area contributed by atoms with Gasteiger partial charge in [-0.3, -0.25) is 0 Å². The molecule has 2 N–H and O–H groups in total. The SMILES string of the molecule is C=CC[C@@H](/C=C/C=C/C)N[C@H](CO)Cc1ccccc1. The van der Waals surface area contributed by atoms with Gasteiger partial charge in [-0.2, -0.15) is 0 Å². The van der Waals surface area contributed by atoms with Crippen molar-refractivity contribution >= 4 is 0 Å². The summed E-state index contributed by atoms with van der Waals surface area (Å²) >= 11 is 0. The lowest BCUT2D eigenvalue weighted by Crippen LogP contribution is -2.40. The Morgan fingerprint density at radius 1 is 1.25 bits per heavy atom. The molecular formula is C18H25NO. The molecule has 0 saturated heterocycles. The quantitative estimate of drug-likeness (QED) is 0.534. The van der Waals surface area contributed by atoms with Crippen molar-refractivity contribution in [1.29, 1.82) is 0 Å². The van der Waals surface area contributed by atoms with Gasteiger partial charge in [0.15, 0.2) is 0 Å². The van der Waals surface area contributed by atoms with E-state index in [-0.39, 0.29) is 18.7 Å². The van der Waals surface area contributed by atoms with Gasteiger partial charge in [0, 0.05) is 12.1 Å². The van der Waals surface area contributed by atoms with E-state index < -0.39 is 0 Å². The maximum atomic E-state index is 9.55. The van der Waals surface area contributed by atoms with Crippen molar-refractivity contribution in [1.82, 2.24) is 5.32 Å². The van der Waals surface area contributed by atoms with E-state index in [4.69, 9.17) is 0 Å². The Morgan fingerprint density at radius 3 is 2.60 bits per heavy atom. The van der Waals surface area contributed by atoms with E-state index in [1.54, 1.807) is 0 Å². The highest BCUT2D eigenvalue weighted by atomic mass is 16.3. The first-order chi connectivity index (χ1) is 9.80. The van der Waals surface area contributed by atoms with Gasteiger partial charge in [-0.25, -0.2) is 0 Å². The van der Waals surface area contributed by atoms with Crippen LogP contribution in [0.5, 0.6) is 0 Å².